The average Bonchev–Trinajstić information content (AvgIpc) is 3.35. The van der Waals surface area contributed by atoms with Gasteiger partial charge in [-0.3, -0.25) is 14.7 Å². The number of hydrogen-bond acceptors (Lipinski definition) is 4. The first-order chi connectivity index (χ1) is 16.4. The Morgan fingerprint density at radius 1 is 1.18 bits per heavy atom. The molecule has 2 aromatic heterocycles. The van der Waals surface area contributed by atoms with E-state index in [0.29, 0.717) is 36.8 Å². The van der Waals surface area contributed by atoms with Crippen molar-refractivity contribution in [3.8, 4) is 0 Å². The number of halogens is 1. The number of anilines is 1. The van der Waals surface area contributed by atoms with Gasteiger partial charge in [0.2, 0.25) is 5.91 Å². The highest BCUT2D eigenvalue weighted by molar-refractivity contribution is 6.31. The van der Waals surface area contributed by atoms with E-state index in [4.69, 9.17) is 11.6 Å². The van der Waals surface area contributed by atoms with E-state index in [1.54, 1.807) is 21.5 Å². The van der Waals surface area contributed by atoms with Crippen LogP contribution in [0.2, 0.25) is 5.15 Å². The van der Waals surface area contributed by atoms with Gasteiger partial charge in [0.25, 0.3) is 5.91 Å². The number of aryl methyl sites for hydroxylation is 1. The van der Waals surface area contributed by atoms with Crippen LogP contribution in [0.1, 0.15) is 32.9 Å². The SMILES string of the molecule is Cc1cc2c3c([nH]nc3c1)C[C@H](N1CCc3c(nn(Cc4ccccc4)c3Cl)C1=O)C(=O)N2C. The monoisotopic (exact) mass is 474 g/mol. The number of fused-ring (bicyclic) bond motifs is 1. The van der Waals surface area contributed by atoms with E-state index >= 15 is 0 Å². The van der Waals surface area contributed by atoms with Crippen molar-refractivity contribution in [3.05, 3.63) is 75.7 Å². The van der Waals surface area contributed by atoms with Gasteiger partial charge in [-0.15, -0.1) is 0 Å². The molecule has 2 aliphatic rings. The Morgan fingerprint density at radius 2 is 1.97 bits per heavy atom. The summed E-state index contributed by atoms with van der Waals surface area (Å²) in [4.78, 5) is 30.5. The first-order valence-electron chi connectivity index (χ1n) is 11.3. The summed E-state index contributed by atoms with van der Waals surface area (Å²) in [6.45, 7) is 2.86. The lowest BCUT2D eigenvalue weighted by molar-refractivity contribution is -0.122. The molecule has 0 saturated carbocycles. The van der Waals surface area contributed by atoms with Crippen LogP contribution >= 0.6 is 11.6 Å². The second kappa shape index (κ2) is 7.70. The maximum atomic E-state index is 13.6. The average molecular weight is 475 g/mol. The van der Waals surface area contributed by atoms with E-state index in [1.165, 1.54) is 0 Å². The molecule has 172 valence electrons. The summed E-state index contributed by atoms with van der Waals surface area (Å²) in [7, 11) is 1.76. The molecule has 1 N–H and O–H groups in total. The van der Waals surface area contributed by atoms with Gasteiger partial charge in [-0.2, -0.15) is 10.2 Å². The van der Waals surface area contributed by atoms with Crippen molar-refractivity contribution in [2.45, 2.75) is 32.4 Å². The summed E-state index contributed by atoms with van der Waals surface area (Å²) in [5.41, 5.74) is 5.64. The number of aromatic nitrogens is 4. The number of carbonyl (C=O) groups excluding carboxylic acids is 2. The molecule has 0 bridgehead atoms. The van der Waals surface area contributed by atoms with Crippen molar-refractivity contribution in [1.82, 2.24) is 24.9 Å². The van der Waals surface area contributed by atoms with Gasteiger partial charge >= 0.3 is 0 Å². The molecule has 0 radical (unpaired) electrons. The van der Waals surface area contributed by atoms with Gasteiger partial charge in [-0.1, -0.05) is 41.9 Å². The number of rotatable bonds is 3. The van der Waals surface area contributed by atoms with Crippen LogP contribution in [0.3, 0.4) is 0 Å². The summed E-state index contributed by atoms with van der Waals surface area (Å²) >= 11 is 6.63. The van der Waals surface area contributed by atoms with Crippen LogP contribution < -0.4 is 4.90 Å². The normalized spacial score (nSPS) is 17.9. The predicted molar refractivity (Wildman–Crippen MR) is 129 cm³/mol. The van der Waals surface area contributed by atoms with E-state index in [0.717, 1.165) is 39.0 Å². The van der Waals surface area contributed by atoms with Crippen LogP contribution in [0.15, 0.2) is 42.5 Å². The van der Waals surface area contributed by atoms with Crippen LogP contribution in [0.4, 0.5) is 5.69 Å². The molecular weight excluding hydrogens is 452 g/mol. The van der Waals surface area contributed by atoms with Crippen LogP contribution in [0, 0.1) is 6.92 Å². The van der Waals surface area contributed by atoms with Crippen LogP contribution in [0.25, 0.3) is 10.9 Å². The van der Waals surface area contributed by atoms with Gasteiger partial charge in [0, 0.05) is 36.7 Å². The van der Waals surface area contributed by atoms with E-state index in [1.807, 2.05) is 49.4 Å². The Kier molecular flexibility index (Phi) is 4.74. The zero-order valence-electron chi connectivity index (χ0n) is 18.9. The number of carbonyl (C=O) groups is 2. The number of benzene rings is 2. The van der Waals surface area contributed by atoms with Gasteiger partial charge in [-0.05, 0) is 36.6 Å². The maximum Gasteiger partial charge on any atom is 0.275 e. The highest BCUT2D eigenvalue weighted by Gasteiger charge is 2.41. The van der Waals surface area contributed by atoms with Crippen molar-refractivity contribution in [2.75, 3.05) is 18.5 Å². The second-order valence-electron chi connectivity index (χ2n) is 9.01. The molecule has 1 atom stereocenters. The van der Waals surface area contributed by atoms with Crippen molar-refractivity contribution in [3.63, 3.8) is 0 Å². The van der Waals surface area contributed by atoms with Crippen LogP contribution in [0.5, 0.6) is 0 Å². The summed E-state index contributed by atoms with van der Waals surface area (Å²) in [6, 6.07) is 13.2. The number of nitrogens with one attached hydrogen (secondary N) is 1. The van der Waals surface area contributed by atoms with Crippen LogP contribution in [-0.4, -0.2) is 56.3 Å². The number of aromatic amines is 1. The molecule has 0 saturated heterocycles. The van der Waals surface area contributed by atoms with Gasteiger partial charge in [0.15, 0.2) is 5.69 Å². The van der Waals surface area contributed by atoms with Crippen molar-refractivity contribution in [1.29, 1.82) is 0 Å². The van der Waals surface area contributed by atoms with Crippen LogP contribution in [-0.2, 0) is 24.2 Å². The molecule has 9 heteroatoms. The molecule has 6 rings (SSSR count). The van der Waals surface area contributed by atoms with Gasteiger partial charge < -0.3 is 9.80 Å². The Hall–Kier alpha value is -3.65. The Balaban J connectivity index is 1.35. The van der Waals surface area contributed by atoms with Crippen molar-refractivity contribution >= 4 is 40.0 Å². The topological polar surface area (TPSA) is 87.1 Å². The first kappa shape index (κ1) is 20.9. The highest BCUT2D eigenvalue weighted by Crippen LogP contribution is 2.35. The van der Waals surface area contributed by atoms with Gasteiger partial charge in [0.05, 0.1) is 17.7 Å². The van der Waals surface area contributed by atoms with Crippen molar-refractivity contribution in [2.24, 2.45) is 0 Å². The molecule has 2 aromatic carbocycles. The minimum Gasteiger partial charge on any atom is -0.324 e. The molecule has 0 aliphatic carbocycles. The fraction of sp³-hybridized carbons (Fsp3) is 0.280. The Bertz CT molecular complexity index is 1460. The number of likely N-dealkylation sites (N-methyl/N-ethyl adjacent to an activating group) is 1. The smallest absolute Gasteiger partial charge is 0.275 e. The maximum absolute atomic E-state index is 13.6. The molecule has 2 amide bonds. The molecule has 0 fully saturated rings. The minimum absolute atomic E-state index is 0.122. The first-order valence-corrected chi connectivity index (χ1v) is 11.7. The Morgan fingerprint density at radius 3 is 2.76 bits per heavy atom. The highest BCUT2D eigenvalue weighted by atomic mass is 35.5. The lowest BCUT2D eigenvalue weighted by Gasteiger charge is -2.34. The zero-order valence-corrected chi connectivity index (χ0v) is 19.6. The summed E-state index contributed by atoms with van der Waals surface area (Å²) in [5.74, 6) is -0.386. The summed E-state index contributed by atoms with van der Waals surface area (Å²) < 4.78 is 1.67. The third kappa shape index (κ3) is 3.13. The van der Waals surface area contributed by atoms with E-state index in [-0.39, 0.29) is 11.8 Å². The molecule has 4 aromatic rings. The fourth-order valence-corrected chi connectivity index (χ4v) is 5.39. The third-order valence-corrected chi connectivity index (χ3v) is 7.25. The van der Waals surface area contributed by atoms with E-state index in [2.05, 4.69) is 15.3 Å². The minimum atomic E-state index is -0.653. The molecule has 0 unspecified atom stereocenters. The van der Waals surface area contributed by atoms with Gasteiger partial charge in [0.1, 0.15) is 11.2 Å². The number of H-pyrrole nitrogens is 1. The second-order valence-corrected chi connectivity index (χ2v) is 9.37. The molecular formula is C25H23ClN6O2. The number of nitrogens with zero attached hydrogens (tertiary/aromatic N) is 5. The molecule has 4 heterocycles. The standard InChI is InChI=1S/C25H23ClN6O2/c1-14-10-17-21-18(28-27-17)12-20(24(33)30(2)19(21)11-14)31-9-8-16-22(25(31)34)29-32(23(16)26)13-15-6-4-3-5-7-15/h3-7,10-11,20H,8-9,12-13H2,1-2H3,(H,27,28)/t20-/m0/s1. The van der Waals surface area contributed by atoms with Crippen molar-refractivity contribution < 1.29 is 9.59 Å². The zero-order chi connectivity index (χ0) is 23.6. The fourth-order valence-electron chi connectivity index (χ4n) is 5.11. The third-order valence-electron chi connectivity index (χ3n) is 6.83. The number of amides is 2. The quantitative estimate of drug-likeness (QED) is 0.493. The molecule has 0 spiro atoms. The molecule has 34 heavy (non-hydrogen) atoms. The summed E-state index contributed by atoms with van der Waals surface area (Å²) in [6.07, 6.45) is 0.919. The largest absolute Gasteiger partial charge is 0.324 e. The number of hydrogen-bond donors (Lipinski definition) is 1. The molecule has 2 aliphatic heterocycles. The van der Waals surface area contributed by atoms with Gasteiger partial charge in [-0.25, -0.2) is 4.68 Å². The molecule has 8 nitrogen and oxygen atoms in total. The van der Waals surface area contributed by atoms with E-state index < -0.39 is 6.04 Å². The van der Waals surface area contributed by atoms with E-state index in [9.17, 15) is 9.59 Å². The summed E-state index contributed by atoms with van der Waals surface area (Å²) in [5, 5.41) is 13.5. The lowest BCUT2D eigenvalue weighted by Crippen LogP contribution is -2.53. The lowest BCUT2D eigenvalue weighted by atomic mass is 10.0. The Labute approximate surface area is 201 Å². The predicted octanol–water partition coefficient (Wildman–Crippen LogP) is 3.36.